The van der Waals surface area contributed by atoms with E-state index in [9.17, 15) is 4.79 Å². The second-order valence-corrected chi connectivity index (χ2v) is 6.88. The zero-order valence-electron chi connectivity index (χ0n) is 16.0. The van der Waals surface area contributed by atoms with Crippen molar-refractivity contribution in [2.45, 2.75) is 0 Å². The third kappa shape index (κ3) is 3.00. The fraction of sp³-hybridized carbons (Fsp3) is 0.150. The number of aldehydes is 1. The van der Waals surface area contributed by atoms with Crippen molar-refractivity contribution < 1.29 is 19.1 Å². The maximum atomic E-state index is 11.7. The van der Waals surface area contributed by atoms with Crippen LogP contribution in [-0.4, -0.2) is 45.2 Å². The Labute approximate surface area is 169 Å². The summed E-state index contributed by atoms with van der Waals surface area (Å²) in [7, 11) is 4.47. The molecule has 0 aliphatic carbocycles. The molecule has 0 bridgehead atoms. The minimum Gasteiger partial charge on any atom is -0.496 e. The lowest BCUT2D eigenvalue weighted by molar-refractivity contribution is 0.111. The van der Waals surface area contributed by atoms with Gasteiger partial charge < -0.3 is 14.3 Å². The zero-order valence-corrected chi connectivity index (χ0v) is 16.8. The first kappa shape index (κ1) is 18.9. The largest absolute Gasteiger partial charge is 0.496 e. The number of aryl methyl sites for hydroxylation is 1. The fourth-order valence-corrected chi connectivity index (χ4v) is 3.85. The quantitative estimate of drug-likeness (QED) is 0.454. The Morgan fingerprint density at radius 2 is 2.07 bits per heavy atom. The van der Waals surface area contributed by atoms with Gasteiger partial charge >= 0.3 is 0 Å². The monoisotopic (exact) mass is 410 g/mol. The molecule has 4 aromatic heterocycles. The molecule has 5 rings (SSSR count). The number of carbonyl (C=O) groups is 1. The van der Waals surface area contributed by atoms with Crippen LogP contribution >= 0.6 is 11.3 Å². The number of aliphatic hydroxyl groups excluding tert-OH is 1. The first-order valence-corrected chi connectivity index (χ1v) is 9.59. The van der Waals surface area contributed by atoms with Gasteiger partial charge in [-0.1, -0.05) is 0 Å². The second kappa shape index (κ2) is 7.53. The normalized spacial score (nSPS) is 10.9. The molecule has 29 heavy (non-hydrogen) atoms. The number of rotatable bonds is 4. The van der Waals surface area contributed by atoms with Crippen LogP contribution in [0.2, 0.25) is 0 Å². The molecule has 0 unspecified atom stereocenters. The molecule has 0 amide bonds. The molecule has 1 aromatic carbocycles. The zero-order chi connectivity index (χ0) is 20.5. The van der Waals surface area contributed by atoms with E-state index in [1.807, 2.05) is 48.3 Å². The number of thiophene rings is 1. The van der Waals surface area contributed by atoms with Crippen molar-refractivity contribution >= 4 is 39.7 Å². The Hall–Kier alpha value is -3.43. The van der Waals surface area contributed by atoms with Gasteiger partial charge in [-0.3, -0.25) is 9.48 Å². The molecule has 0 aliphatic heterocycles. The number of furan rings is 1. The predicted molar refractivity (Wildman–Crippen MR) is 111 cm³/mol. The van der Waals surface area contributed by atoms with E-state index < -0.39 is 0 Å². The summed E-state index contributed by atoms with van der Waals surface area (Å²) < 4.78 is 14.8. The van der Waals surface area contributed by atoms with Gasteiger partial charge in [0.05, 0.1) is 18.5 Å². The highest BCUT2D eigenvalue weighted by molar-refractivity contribution is 7.08. The first-order valence-electron chi connectivity index (χ1n) is 8.65. The Morgan fingerprint density at radius 3 is 2.69 bits per heavy atom. The van der Waals surface area contributed by atoms with Crippen molar-refractivity contribution in [3.63, 3.8) is 0 Å². The van der Waals surface area contributed by atoms with Crippen LogP contribution in [-0.2, 0) is 7.05 Å². The maximum absolute atomic E-state index is 11.7. The highest BCUT2D eigenvalue weighted by Crippen LogP contribution is 2.38. The number of aliphatic hydroxyl groups is 1. The average Bonchev–Trinajstić information content (AvgIpc) is 3.52. The van der Waals surface area contributed by atoms with Crippen LogP contribution in [0.25, 0.3) is 39.0 Å². The van der Waals surface area contributed by atoms with Crippen LogP contribution in [0.1, 0.15) is 10.5 Å². The number of ether oxygens (including phenoxy) is 1. The maximum Gasteiger partial charge on any atom is 0.184 e. The summed E-state index contributed by atoms with van der Waals surface area (Å²) in [6.07, 6.45) is 2.64. The van der Waals surface area contributed by atoms with E-state index in [0.717, 1.165) is 35.7 Å². The van der Waals surface area contributed by atoms with Crippen molar-refractivity contribution in [2.75, 3.05) is 14.2 Å². The molecule has 0 radical (unpaired) electrons. The summed E-state index contributed by atoms with van der Waals surface area (Å²) in [5, 5.41) is 20.8. The van der Waals surface area contributed by atoms with Crippen molar-refractivity contribution in [1.82, 2.24) is 19.6 Å². The van der Waals surface area contributed by atoms with Gasteiger partial charge in [0.25, 0.3) is 0 Å². The molecule has 0 atom stereocenters. The summed E-state index contributed by atoms with van der Waals surface area (Å²) in [5.74, 6) is 0.649. The number of aromatic nitrogens is 4. The van der Waals surface area contributed by atoms with Gasteiger partial charge in [-0.05, 0) is 23.6 Å². The number of benzene rings is 1. The smallest absolute Gasteiger partial charge is 0.184 e. The van der Waals surface area contributed by atoms with Crippen LogP contribution in [0.4, 0.5) is 0 Å². The lowest BCUT2D eigenvalue weighted by Gasteiger charge is -2.06. The SMILES string of the molecule is CO.COc1cc2oc3c(C=O)n(-c4ccsc4)nc3c2cc1-c1ccn(C)n1. The fourth-order valence-electron chi connectivity index (χ4n) is 3.24. The molecule has 0 saturated carbocycles. The number of carbonyl (C=O) groups excluding carboxylic acids is 1. The van der Waals surface area contributed by atoms with Gasteiger partial charge in [-0.25, -0.2) is 4.68 Å². The third-order valence-corrected chi connectivity index (χ3v) is 5.17. The molecule has 8 nitrogen and oxygen atoms in total. The molecule has 5 aromatic rings. The number of nitrogens with zero attached hydrogens (tertiary/aromatic N) is 4. The van der Waals surface area contributed by atoms with E-state index in [4.69, 9.17) is 14.3 Å². The van der Waals surface area contributed by atoms with Crippen LogP contribution in [0.3, 0.4) is 0 Å². The van der Waals surface area contributed by atoms with Crippen molar-refractivity contribution in [1.29, 1.82) is 0 Å². The van der Waals surface area contributed by atoms with Crippen LogP contribution in [0.5, 0.6) is 5.75 Å². The lowest BCUT2D eigenvalue weighted by atomic mass is 10.1. The highest BCUT2D eigenvalue weighted by atomic mass is 32.1. The average molecular weight is 410 g/mol. The summed E-state index contributed by atoms with van der Waals surface area (Å²) in [5.41, 5.74) is 4.57. The standard InChI is InChI=1S/C19H14N4O3S.CH4O/c1-22-5-3-14(20-22)12-7-13-17(8-16(12)25-2)26-19-15(9-24)23(21-18(13)19)11-4-6-27-10-11;1-2/h3-10H,1-2H3;2H,1H3. The summed E-state index contributed by atoms with van der Waals surface area (Å²) >= 11 is 1.54. The second-order valence-electron chi connectivity index (χ2n) is 6.10. The molecular formula is C20H18N4O4S. The van der Waals surface area contributed by atoms with E-state index in [2.05, 4.69) is 10.2 Å². The number of fused-ring (bicyclic) bond motifs is 3. The molecule has 4 heterocycles. The van der Waals surface area contributed by atoms with E-state index >= 15 is 0 Å². The van der Waals surface area contributed by atoms with Crippen molar-refractivity contribution in [3.8, 4) is 22.7 Å². The van der Waals surface area contributed by atoms with E-state index in [1.54, 1.807) is 27.8 Å². The Kier molecular flexibility index (Phi) is 4.91. The number of methoxy groups -OCH3 is 1. The first-order chi connectivity index (χ1) is 14.2. The molecule has 0 fully saturated rings. The molecule has 1 N–H and O–H groups in total. The summed E-state index contributed by atoms with van der Waals surface area (Å²) in [4.78, 5) is 11.7. The van der Waals surface area contributed by atoms with Crippen LogP contribution in [0, 0.1) is 0 Å². The van der Waals surface area contributed by atoms with Crippen LogP contribution in [0.15, 0.2) is 45.6 Å². The topological polar surface area (TPSA) is 95.3 Å². The molecule has 148 valence electrons. The Bertz CT molecular complexity index is 1300. The minimum atomic E-state index is 0.387. The summed E-state index contributed by atoms with van der Waals surface area (Å²) in [6, 6.07) is 7.59. The van der Waals surface area contributed by atoms with Gasteiger partial charge in [0.2, 0.25) is 0 Å². The number of hydrogen-bond acceptors (Lipinski definition) is 7. The van der Waals surface area contributed by atoms with Crippen LogP contribution < -0.4 is 4.74 Å². The lowest BCUT2D eigenvalue weighted by Crippen LogP contribution is -1.99. The molecule has 0 aliphatic rings. The number of hydrogen-bond donors (Lipinski definition) is 1. The molecule has 9 heteroatoms. The van der Waals surface area contributed by atoms with Crippen molar-refractivity contribution in [2.24, 2.45) is 7.05 Å². The van der Waals surface area contributed by atoms with E-state index in [-0.39, 0.29) is 0 Å². The van der Waals surface area contributed by atoms with Gasteiger partial charge in [0.1, 0.15) is 22.5 Å². The van der Waals surface area contributed by atoms with Gasteiger partial charge in [-0.15, -0.1) is 0 Å². The molecule has 0 spiro atoms. The van der Waals surface area contributed by atoms with Gasteiger partial charge in [0, 0.05) is 42.8 Å². The highest BCUT2D eigenvalue weighted by Gasteiger charge is 2.22. The molecular weight excluding hydrogens is 392 g/mol. The Balaban J connectivity index is 0.000000994. The van der Waals surface area contributed by atoms with Gasteiger partial charge in [-0.2, -0.15) is 21.5 Å². The summed E-state index contributed by atoms with van der Waals surface area (Å²) in [6.45, 7) is 0. The minimum absolute atomic E-state index is 0.387. The van der Waals surface area contributed by atoms with E-state index in [1.165, 1.54) is 0 Å². The van der Waals surface area contributed by atoms with Crippen molar-refractivity contribution in [3.05, 3.63) is 46.9 Å². The van der Waals surface area contributed by atoms with Gasteiger partial charge in [0.15, 0.2) is 11.9 Å². The predicted octanol–water partition coefficient (Wildman–Crippen LogP) is 3.66. The molecule has 0 saturated heterocycles. The van der Waals surface area contributed by atoms with E-state index in [0.29, 0.717) is 28.1 Å². The Morgan fingerprint density at radius 1 is 1.24 bits per heavy atom. The third-order valence-electron chi connectivity index (χ3n) is 4.50.